The largest absolute Gasteiger partial charge is 0.339 e. The molecule has 4 nitrogen and oxygen atoms in total. The molecule has 3 heterocycles. The lowest BCUT2D eigenvalue weighted by Gasteiger charge is -2.09. The molecule has 0 spiro atoms. The second kappa shape index (κ2) is 4.66. The van der Waals surface area contributed by atoms with Gasteiger partial charge in [0, 0.05) is 12.2 Å². The molecule has 5 heteroatoms. The predicted octanol–water partition coefficient (Wildman–Crippen LogP) is 3.49. The Labute approximate surface area is 126 Å². The predicted molar refractivity (Wildman–Crippen MR) is 83.5 cm³/mol. The number of benzene rings is 1. The molecule has 4 aromatic rings. The van der Waals surface area contributed by atoms with Crippen molar-refractivity contribution in [1.82, 2.24) is 19.2 Å². The number of pyridine rings is 1. The molecule has 0 aliphatic heterocycles. The van der Waals surface area contributed by atoms with Crippen LogP contribution in [0.5, 0.6) is 0 Å². The number of hydrogen-bond donors (Lipinski definition) is 0. The zero-order valence-corrected chi connectivity index (χ0v) is 12.4. The molecule has 0 bridgehead atoms. The van der Waals surface area contributed by atoms with E-state index >= 15 is 0 Å². The normalized spacial score (nSPS) is 11.6. The number of nitrogens with zero attached hydrogens (tertiary/aromatic N) is 4. The average molecular weight is 294 g/mol. The molecule has 3 aromatic heterocycles. The highest BCUT2D eigenvalue weighted by Crippen LogP contribution is 2.23. The Morgan fingerprint density at radius 3 is 2.50 bits per heavy atom. The minimum atomic E-state index is -0.209. The molecule has 0 fully saturated rings. The van der Waals surface area contributed by atoms with E-state index in [0.717, 1.165) is 33.8 Å². The van der Waals surface area contributed by atoms with Crippen LogP contribution in [-0.4, -0.2) is 19.2 Å². The van der Waals surface area contributed by atoms with Crippen LogP contribution < -0.4 is 0 Å². The van der Waals surface area contributed by atoms with Gasteiger partial charge in [-0.2, -0.15) is 0 Å². The van der Waals surface area contributed by atoms with E-state index in [1.54, 1.807) is 0 Å². The van der Waals surface area contributed by atoms with Gasteiger partial charge in [0.1, 0.15) is 11.6 Å². The van der Waals surface area contributed by atoms with Crippen LogP contribution in [0.1, 0.15) is 17.1 Å². The summed E-state index contributed by atoms with van der Waals surface area (Å²) in [6.07, 6.45) is 0. The van der Waals surface area contributed by atoms with Crippen molar-refractivity contribution in [3.63, 3.8) is 0 Å². The van der Waals surface area contributed by atoms with Crippen molar-refractivity contribution in [2.45, 2.75) is 20.4 Å². The molecule has 0 atom stereocenters. The molecule has 0 unspecified atom stereocenters. The molecule has 4 rings (SSSR count). The number of halogens is 1. The number of aromatic nitrogens is 4. The highest BCUT2D eigenvalue weighted by Gasteiger charge is 2.11. The van der Waals surface area contributed by atoms with E-state index in [4.69, 9.17) is 0 Å². The zero-order chi connectivity index (χ0) is 15.3. The van der Waals surface area contributed by atoms with Gasteiger partial charge in [-0.3, -0.25) is 4.40 Å². The van der Waals surface area contributed by atoms with Gasteiger partial charge in [0.15, 0.2) is 5.65 Å². The summed E-state index contributed by atoms with van der Waals surface area (Å²) in [5, 5.41) is 8.30. The van der Waals surface area contributed by atoms with Gasteiger partial charge in [-0.25, -0.2) is 4.39 Å². The van der Waals surface area contributed by atoms with E-state index in [1.807, 2.05) is 25.1 Å². The van der Waals surface area contributed by atoms with E-state index < -0.39 is 0 Å². The minimum absolute atomic E-state index is 0.209. The number of rotatable bonds is 2. The summed E-state index contributed by atoms with van der Waals surface area (Å²) >= 11 is 0. The summed E-state index contributed by atoms with van der Waals surface area (Å²) in [7, 11) is 0. The summed E-state index contributed by atoms with van der Waals surface area (Å²) in [5.41, 5.74) is 5.29. The molecule has 110 valence electrons. The van der Waals surface area contributed by atoms with E-state index in [2.05, 4.69) is 38.2 Å². The van der Waals surface area contributed by atoms with Crippen LogP contribution in [0.25, 0.3) is 16.7 Å². The van der Waals surface area contributed by atoms with Crippen LogP contribution >= 0.6 is 0 Å². The van der Waals surface area contributed by atoms with Crippen molar-refractivity contribution in [2.75, 3.05) is 0 Å². The topological polar surface area (TPSA) is 35.1 Å². The maximum Gasteiger partial charge on any atom is 0.161 e. The molecule has 0 radical (unpaired) electrons. The van der Waals surface area contributed by atoms with Crippen molar-refractivity contribution >= 4 is 16.7 Å². The van der Waals surface area contributed by atoms with Gasteiger partial charge < -0.3 is 4.57 Å². The first-order valence-electron chi connectivity index (χ1n) is 7.18. The molecule has 22 heavy (non-hydrogen) atoms. The molecule has 0 saturated carbocycles. The van der Waals surface area contributed by atoms with Crippen LogP contribution in [0.2, 0.25) is 0 Å². The second-order valence-electron chi connectivity index (χ2n) is 5.54. The standard InChI is InChI=1S/C17H15FN4/c1-11-9-16-15(7-8-17-20-19-12(2)22(16)17)21(11)10-13-3-5-14(18)6-4-13/h3-9H,10H2,1-2H3. The highest BCUT2D eigenvalue weighted by molar-refractivity contribution is 5.81. The summed E-state index contributed by atoms with van der Waals surface area (Å²) in [4.78, 5) is 0. The van der Waals surface area contributed by atoms with Crippen molar-refractivity contribution in [3.05, 3.63) is 65.4 Å². The lowest BCUT2D eigenvalue weighted by molar-refractivity contribution is 0.626. The maximum atomic E-state index is 13.1. The van der Waals surface area contributed by atoms with Gasteiger partial charge in [0.25, 0.3) is 0 Å². The highest BCUT2D eigenvalue weighted by atomic mass is 19.1. The van der Waals surface area contributed by atoms with Gasteiger partial charge >= 0.3 is 0 Å². The molecular formula is C17H15FN4. The van der Waals surface area contributed by atoms with E-state index in [9.17, 15) is 4.39 Å². The van der Waals surface area contributed by atoms with E-state index in [1.165, 1.54) is 12.1 Å². The molecule has 0 N–H and O–H groups in total. The Balaban J connectivity index is 1.90. The first-order chi connectivity index (χ1) is 10.6. The molecule has 0 aliphatic rings. The summed E-state index contributed by atoms with van der Waals surface area (Å²) in [6.45, 7) is 4.74. The molecular weight excluding hydrogens is 279 g/mol. The first kappa shape index (κ1) is 13.0. The Bertz CT molecular complexity index is 979. The SMILES string of the molecule is Cc1cc2c(ccc3nnc(C)n32)n1Cc1ccc(F)cc1. The van der Waals surface area contributed by atoms with Crippen LogP contribution in [-0.2, 0) is 6.54 Å². The van der Waals surface area contributed by atoms with Gasteiger partial charge in [-0.05, 0) is 49.7 Å². The number of hydrogen-bond acceptors (Lipinski definition) is 2. The summed E-state index contributed by atoms with van der Waals surface area (Å²) in [5.74, 6) is 0.666. The van der Waals surface area contributed by atoms with Crippen LogP contribution in [0, 0.1) is 19.7 Å². The van der Waals surface area contributed by atoms with E-state index in [0.29, 0.717) is 6.54 Å². The van der Waals surface area contributed by atoms with Crippen molar-refractivity contribution < 1.29 is 4.39 Å². The minimum Gasteiger partial charge on any atom is -0.339 e. The average Bonchev–Trinajstić information content (AvgIpc) is 3.03. The Morgan fingerprint density at radius 1 is 0.955 bits per heavy atom. The monoisotopic (exact) mass is 294 g/mol. The van der Waals surface area contributed by atoms with Crippen LogP contribution in [0.4, 0.5) is 4.39 Å². The lowest BCUT2D eigenvalue weighted by Crippen LogP contribution is -2.02. The summed E-state index contributed by atoms with van der Waals surface area (Å²) < 4.78 is 17.3. The first-order valence-corrected chi connectivity index (χ1v) is 7.18. The van der Waals surface area contributed by atoms with Crippen molar-refractivity contribution in [1.29, 1.82) is 0 Å². The second-order valence-corrected chi connectivity index (χ2v) is 5.54. The van der Waals surface area contributed by atoms with Crippen molar-refractivity contribution in [3.8, 4) is 0 Å². The Kier molecular flexibility index (Phi) is 2.76. The van der Waals surface area contributed by atoms with Crippen molar-refractivity contribution in [2.24, 2.45) is 0 Å². The molecule has 0 aliphatic carbocycles. The third kappa shape index (κ3) is 1.89. The number of aryl methyl sites for hydroxylation is 2. The summed E-state index contributed by atoms with van der Waals surface area (Å²) in [6, 6.07) is 12.8. The zero-order valence-electron chi connectivity index (χ0n) is 12.4. The molecule has 1 aromatic carbocycles. The Morgan fingerprint density at radius 2 is 1.73 bits per heavy atom. The maximum absolute atomic E-state index is 13.1. The molecule has 0 amide bonds. The third-order valence-corrected chi connectivity index (χ3v) is 4.06. The quantitative estimate of drug-likeness (QED) is 0.567. The van der Waals surface area contributed by atoms with Gasteiger partial charge in [-0.15, -0.1) is 10.2 Å². The fourth-order valence-electron chi connectivity index (χ4n) is 2.95. The van der Waals surface area contributed by atoms with Crippen LogP contribution in [0.15, 0.2) is 42.5 Å². The van der Waals surface area contributed by atoms with Gasteiger partial charge in [0.2, 0.25) is 0 Å². The molecule has 0 saturated heterocycles. The fraction of sp³-hybridized carbons (Fsp3) is 0.176. The van der Waals surface area contributed by atoms with Gasteiger partial charge in [0.05, 0.1) is 11.0 Å². The van der Waals surface area contributed by atoms with Crippen LogP contribution in [0.3, 0.4) is 0 Å². The fourth-order valence-corrected chi connectivity index (χ4v) is 2.95. The smallest absolute Gasteiger partial charge is 0.161 e. The van der Waals surface area contributed by atoms with E-state index in [-0.39, 0.29) is 5.82 Å². The third-order valence-electron chi connectivity index (χ3n) is 4.06. The Hall–Kier alpha value is -2.69. The lowest BCUT2D eigenvalue weighted by atomic mass is 10.2. The van der Waals surface area contributed by atoms with Gasteiger partial charge in [-0.1, -0.05) is 12.1 Å². The number of fused-ring (bicyclic) bond motifs is 3.